The molecule has 8 N–H and O–H groups in total. The molecular weight excluding hydrogens is 468 g/mol. The predicted octanol–water partition coefficient (Wildman–Crippen LogP) is -0.713. The standard InChI is InChI=1S/C24H32N6O6/c1-13(28-23(34)18(8-9-20(25)31)29-22(33)17-7-4-10-26-17)21(32)30-19(24(35)36)11-14-12-27-16-6-3-2-5-15(14)16/h2-3,5-6,12-13,17-19,26-27H,4,7-11H2,1H3,(H2,25,31)(H,28,34)(H,29,33)(H,30,32)(H,35,36). The van der Waals surface area contributed by atoms with E-state index in [9.17, 15) is 29.1 Å². The van der Waals surface area contributed by atoms with Crippen molar-refractivity contribution >= 4 is 40.5 Å². The maximum absolute atomic E-state index is 12.8. The molecule has 36 heavy (non-hydrogen) atoms. The first kappa shape index (κ1) is 26.7. The largest absolute Gasteiger partial charge is 0.480 e. The maximum atomic E-state index is 12.8. The van der Waals surface area contributed by atoms with Gasteiger partial charge in [-0.15, -0.1) is 0 Å². The second kappa shape index (κ2) is 12.2. The molecule has 1 aromatic heterocycles. The molecule has 12 heteroatoms. The SMILES string of the molecule is CC(NC(=O)C(CCC(N)=O)NC(=O)C1CCCN1)C(=O)NC(Cc1c[nH]c2ccccc12)C(=O)O. The van der Waals surface area contributed by atoms with Gasteiger partial charge in [0.2, 0.25) is 23.6 Å². The fraction of sp³-hybridized carbons (Fsp3) is 0.458. The van der Waals surface area contributed by atoms with Gasteiger partial charge in [-0.1, -0.05) is 18.2 Å². The van der Waals surface area contributed by atoms with E-state index < -0.39 is 47.9 Å². The molecule has 1 aromatic carbocycles. The summed E-state index contributed by atoms with van der Waals surface area (Å²) in [6.45, 7) is 2.10. The number of benzene rings is 1. The molecule has 0 spiro atoms. The number of hydrogen-bond acceptors (Lipinski definition) is 6. The zero-order valence-corrected chi connectivity index (χ0v) is 20.0. The molecule has 2 aromatic rings. The number of para-hydroxylation sites is 1. The number of carbonyl (C=O) groups is 5. The van der Waals surface area contributed by atoms with Crippen molar-refractivity contribution in [2.75, 3.05) is 6.54 Å². The van der Waals surface area contributed by atoms with Crippen LogP contribution in [0.25, 0.3) is 10.9 Å². The van der Waals surface area contributed by atoms with E-state index in [-0.39, 0.29) is 25.2 Å². The molecule has 4 atom stereocenters. The van der Waals surface area contributed by atoms with E-state index in [4.69, 9.17) is 5.73 Å². The average Bonchev–Trinajstić information content (AvgIpc) is 3.51. The fourth-order valence-corrected chi connectivity index (χ4v) is 4.13. The maximum Gasteiger partial charge on any atom is 0.326 e. The topological polar surface area (TPSA) is 196 Å². The van der Waals surface area contributed by atoms with Gasteiger partial charge in [-0.2, -0.15) is 0 Å². The van der Waals surface area contributed by atoms with Gasteiger partial charge in [0.25, 0.3) is 0 Å². The van der Waals surface area contributed by atoms with Gasteiger partial charge in [0.1, 0.15) is 18.1 Å². The van der Waals surface area contributed by atoms with Gasteiger partial charge in [0.05, 0.1) is 6.04 Å². The molecule has 0 saturated carbocycles. The highest BCUT2D eigenvalue weighted by Gasteiger charge is 2.30. The van der Waals surface area contributed by atoms with Crippen LogP contribution < -0.4 is 27.0 Å². The molecule has 2 heterocycles. The van der Waals surface area contributed by atoms with Crippen LogP contribution in [0, 0.1) is 0 Å². The number of hydrogen-bond donors (Lipinski definition) is 7. The highest BCUT2D eigenvalue weighted by molar-refractivity contribution is 5.94. The van der Waals surface area contributed by atoms with E-state index in [0.29, 0.717) is 13.0 Å². The van der Waals surface area contributed by atoms with Crippen LogP contribution in [0.3, 0.4) is 0 Å². The molecule has 0 aliphatic carbocycles. The van der Waals surface area contributed by atoms with Gasteiger partial charge in [0, 0.05) is 29.9 Å². The number of carboxylic acids is 1. The van der Waals surface area contributed by atoms with Crippen LogP contribution in [0.1, 0.15) is 38.2 Å². The second-order valence-corrected chi connectivity index (χ2v) is 8.91. The molecule has 3 rings (SSSR count). The van der Waals surface area contributed by atoms with Crippen molar-refractivity contribution in [3.8, 4) is 0 Å². The van der Waals surface area contributed by atoms with Crippen molar-refractivity contribution < 1.29 is 29.1 Å². The summed E-state index contributed by atoms with van der Waals surface area (Å²) < 4.78 is 0. The first-order valence-electron chi connectivity index (χ1n) is 11.9. The quantitative estimate of drug-likeness (QED) is 0.200. The number of amides is 4. The van der Waals surface area contributed by atoms with Gasteiger partial charge in [0.15, 0.2) is 0 Å². The minimum atomic E-state index is -1.23. The first-order valence-corrected chi connectivity index (χ1v) is 11.9. The third-order valence-corrected chi connectivity index (χ3v) is 6.15. The van der Waals surface area contributed by atoms with Crippen LogP contribution in [-0.4, -0.2) is 70.4 Å². The number of primary amides is 1. The Balaban J connectivity index is 1.61. The number of carboxylic acid groups (broad SMARTS) is 1. The Labute approximate surface area is 207 Å². The van der Waals surface area contributed by atoms with Gasteiger partial charge in [-0.05, 0) is 44.4 Å². The molecule has 1 fully saturated rings. The van der Waals surface area contributed by atoms with E-state index in [0.717, 1.165) is 22.9 Å². The van der Waals surface area contributed by atoms with Crippen LogP contribution >= 0.6 is 0 Å². The van der Waals surface area contributed by atoms with E-state index in [2.05, 4.69) is 26.3 Å². The van der Waals surface area contributed by atoms with Gasteiger partial charge in [-0.25, -0.2) is 4.79 Å². The third kappa shape index (κ3) is 7.04. The number of nitrogens with two attached hydrogens (primary N) is 1. The second-order valence-electron chi connectivity index (χ2n) is 8.91. The Morgan fingerprint density at radius 2 is 1.83 bits per heavy atom. The van der Waals surface area contributed by atoms with E-state index in [1.54, 1.807) is 6.20 Å². The van der Waals surface area contributed by atoms with Crippen molar-refractivity contribution in [1.29, 1.82) is 0 Å². The zero-order chi connectivity index (χ0) is 26.2. The van der Waals surface area contributed by atoms with Crippen molar-refractivity contribution in [2.24, 2.45) is 5.73 Å². The summed E-state index contributed by atoms with van der Waals surface area (Å²) in [6, 6.07) is 3.57. The number of aromatic amines is 1. The average molecular weight is 501 g/mol. The molecular formula is C24H32N6O6. The number of aromatic nitrogens is 1. The number of nitrogens with one attached hydrogen (secondary N) is 5. The highest BCUT2D eigenvalue weighted by atomic mass is 16.4. The number of aliphatic carboxylic acids is 1. The lowest BCUT2D eigenvalue weighted by Crippen LogP contribution is -2.56. The fourth-order valence-electron chi connectivity index (χ4n) is 4.13. The Hall–Kier alpha value is -3.93. The Morgan fingerprint density at radius 1 is 1.08 bits per heavy atom. The zero-order valence-electron chi connectivity index (χ0n) is 20.0. The summed E-state index contributed by atoms with van der Waals surface area (Å²) in [5.74, 6) is -3.60. The third-order valence-electron chi connectivity index (χ3n) is 6.15. The Kier molecular flexibility index (Phi) is 9.01. The number of H-pyrrole nitrogens is 1. The molecule has 194 valence electrons. The molecule has 1 saturated heterocycles. The summed E-state index contributed by atoms with van der Waals surface area (Å²) in [6.07, 6.45) is 3.02. The van der Waals surface area contributed by atoms with Crippen molar-refractivity contribution in [1.82, 2.24) is 26.3 Å². The number of fused-ring (bicyclic) bond motifs is 1. The van der Waals surface area contributed by atoms with E-state index >= 15 is 0 Å². The number of rotatable bonds is 12. The Bertz CT molecular complexity index is 1130. The summed E-state index contributed by atoms with van der Waals surface area (Å²) in [7, 11) is 0. The lowest BCUT2D eigenvalue weighted by Gasteiger charge is -2.23. The molecule has 0 radical (unpaired) electrons. The monoisotopic (exact) mass is 500 g/mol. The summed E-state index contributed by atoms with van der Waals surface area (Å²) >= 11 is 0. The smallest absolute Gasteiger partial charge is 0.326 e. The summed E-state index contributed by atoms with van der Waals surface area (Å²) in [4.78, 5) is 64.2. The van der Waals surface area contributed by atoms with E-state index in [1.165, 1.54) is 6.92 Å². The number of carbonyl (C=O) groups excluding carboxylic acids is 4. The molecule has 1 aliphatic heterocycles. The van der Waals surface area contributed by atoms with Crippen LogP contribution in [0.15, 0.2) is 30.5 Å². The van der Waals surface area contributed by atoms with Gasteiger partial charge in [-0.3, -0.25) is 19.2 Å². The van der Waals surface area contributed by atoms with Crippen molar-refractivity contribution in [2.45, 2.75) is 63.2 Å². The Morgan fingerprint density at radius 3 is 2.50 bits per heavy atom. The van der Waals surface area contributed by atoms with Crippen LogP contribution in [0.4, 0.5) is 0 Å². The minimum absolute atomic E-state index is 0.0354. The summed E-state index contributed by atoms with van der Waals surface area (Å²) in [5.41, 5.74) is 6.77. The van der Waals surface area contributed by atoms with Crippen LogP contribution in [0.2, 0.25) is 0 Å². The lowest BCUT2D eigenvalue weighted by atomic mass is 10.0. The molecule has 4 amide bonds. The van der Waals surface area contributed by atoms with Gasteiger partial charge < -0.3 is 37.1 Å². The molecule has 1 aliphatic rings. The normalized spacial score (nSPS) is 17.6. The highest BCUT2D eigenvalue weighted by Crippen LogP contribution is 2.19. The van der Waals surface area contributed by atoms with E-state index in [1.807, 2.05) is 24.3 Å². The predicted molar refractivity (Wildman–Crippen MR) is 131 cm³/mol. The van der Waals surface area contributed by atoms with Gasteiger partial charge >= 0.3 is 5.97 Å². The van der Waals surface area contributed by atoms with Crippen LogP contribution in [-0.2, 0) is 30.4 Å². The molecule has 0 bridgehead atoms. The summed E-state index contributed by atoms with van der Waals surface area (Å²) in [5, 5.41) is 21.1. The van der Waals surface area contributed by atoms with Crippen molar-refractivity contribution in [3.63, 3.8) is 0 Å². The first-order chi connectivity index (χ1) is 17.2. The van der Waals surface area contributed by atoms with Crippen molar-refractivity contribution in [3.05, 3.63) is 36.0 Å². The molecule has 12 nitrogen and oxygen atoms in total. The van der Waals surface area contributed by atoms with Crippen LogP contribution in [0.5, 0.6) is 0 Å². The molecule has 4 unspecified atom stereocenters. The minimum Gasteiger partial charge on any atom is -0.480 e. The lowest BCUT2D eigenvalue weighted by molar-refractivity contribution is -0.142.